The molecular weight excluding hydrogens is 364 g/mol. The van der Waals surface area contributed by atoms with Crippen molar-refractivity contribution in [2.75, 3.05) is 13.3 Å². The number of ether oxygens (including phenoxy) is 3. The fraction of sp³-hybridized carbons (Fsp3) is 0.250. The molecule has 1 fully saturated rings. The largest absolute Gasteiger partial charge is 0.454 e. The van der Waals surface area contributed by atoms with Gasteiger partial charge in [0.2, 0.25) is 6.79 Å². The molecule has 28 heavy (non-hydrogen) atoms. The highest BCUT2D eigenvalue weighted by Gasteiger charge is 2.49. The van der Waals surface area contributed by atoms with Crippen molar-refractivity contribution in [2.45, 2.75) is 19.4 Å². The van der Waals surface area contributed by atoms with E-state index in [4.69, 9.17) is 14.2 Å². The molecule has 2 aromatic rings. The van der Waals surface area contributed by atoms with Crippen molar-refractivity contribution in [3.05, 3.63) is 53.6 Å². The van der Waals surface area contributed by atoms with Gasteiger partial charge in [0.1, 0.15) is 17.8 Å². The molecule has 1 atom stereocenters. The quantitative estimate of drug-likeness (QED) is 0.494. The summed E-state index contributed by atoms with van der Waals surface area (Å²) in [6.07, 6.45) is 0. The van der Waals surface area contributed by atoms with E-state index in [0.717, 1.165) is 10.5 Å². The van der Waals surface area contributed by atoms with Crippen LogP contribution in [0.5, 0.6) is 17.2 Å². The molecule has 8 nitrogen and oxygen atoms in total. The second-order valence-electron chi connectivity index (χ2n) is 6.80. The molecule has 4 rings (SSSR count). The Labute approximate surface area is 161 Å². The zero-order valence-electron chi connectivity index (χ0n) is 15.4. The summed E-state index contributed by atoms with van der Waals surface area (Å²) >= 11 is 0. The maximum Gasteiger partial charge on any atom is 0.331 e. The van der Waals surface area contributed by atoms with Crippen LogP contribution >= 0.6 is 0 Å². The Morgan fingerprint density at radius 1 is 1.14 bits per heavy atom. The molecule has 2 aromatic carbocycles. The lowest BCUT2D eigenvalue weighted by atomic mass is 9.91. The van der Waals surface area contributed by atoms with Gasteiger partial charge in [0.05, 0.1) is 0 Å². The van der Waals surface area contributed by atoms with E-state index in [-0.39, 0.29) is 12.5 Å². The van der Waals surface area contributed by atoms with Gasteiger partial charge in [-0.05, 0) is 31.5 Å². The van der Waals surface area contributed by atoms with E-state index in [0.29, 0.717) is 17.1 Å². The molecule has 1 saturated heterocycles. The van der Waals surface area contributed by atoms with Crippen LogP contribution in [0.25, 0.3) is 0 Å². The zero-order valence-corrected chi connectivity index (χ0v) is 15.4. The molecular formula is C20H18N2O6. The third kappa shape index (κ3) is 3.02. The van der Waals surface area contributed by atoms with E-state index in [2.05, 4.69) is 5.32 Å². The molecule has 0 spiro atoms. The fourth-order valence-corrected chi connectivity index (χ4v) is 3.16. The number of nitrogens with zero attached hydrogens (tertiary/aromatic N) is 1. The van der Waals surface area contributed by atoms with Gasteiger partial charge in [-0.15, -0.1) is 0 Å². The van der Waals surface area contributed by atoms with E-state index < -0.39 is 30.0 Å². The number of aryl methyl sites for hydroxylation is 1. The molecule has 2 heterocycles. The maximum absolute atomic E-state index is 12.9. The molecule has 3 amide bonds. The normalized spacial score (nSPS) is 20.3. The van der Waals surface area contributed by atoms with E-state index in [1.54, 1.807) is 31.2 Å². The molecule has 0 aliphatic carbocycles. The molecule has 8 heteroatoms. The fourth-order valence-electron chi connectivity index (χ4n) is 3.16. The smallest absolute Gasteiger partial charge is 0.331 e. The summed E-state index contributed by atoms with van der Waals surface area (Å²) < 4.78 is 15.7. The first-order valence-corrected chi connectivity index (χ1v) is 8.68. The number of carbonyl (C=O) groups excluding carboxylic acids is 3. The number of rotatable bonds is 4. The van der Waals surface area contributed by atoms with Crippen LogP contribution in [0.1, 0.15) is 18.1 Å². The number of imide groups is 1. The first-order chi connectivity index (χ1) is 13.4. The first kappa shape index (κ1) is 17.8. The Morgan fingerprint density at radius 3 is 2.61 bits per heavy atom. The van der Waals surface area contributed by atoms with Crippen molar-refractivity contribution < 1.29 is 28.6 Å². The lowest BCUT2D eigenvalue weighted by Crippen LogP contribution is -2.41. The minimum Gasteiger partial charge on any atom is -0.454 e. The lowest BCUT2D eigenvalue weighted by Gasteiger charge is -2.22. The lowest BCUT2D eigenvalue weighted by molar-refractivity contribution is -0.140. The molecule has 1 N–H and O–H groups in total. The maximum atomic E-state index is 12.9. The van der Waals surface area contributed by atoms with Crippen LogP contribution in [0, 0.1) is 6.92 Å². The number of nitrogens with one attached hydrogen (secondary N) is 1. The highest BCUT2D eigenvalue weighted by atomic mass is 16.7. The number of amides is 3. The Morgan fingerprint density at radius 2 is 1.86 bits per heavy atom. The number of esters is 1. The Balaban J connectivity index is 1.47. The Kier molecular flexibility index (Phi) is 4.18. The molecule has 144 valence electrons. The number of carbonyl (C=O) groups is 3. The van der Waals surface area contributed by atoms with Gasteiger partial charge in [-0.1, -0.05) is 29.8 Å². The van der Waals surface area contributed by atoms with Gasteiger partial charge in [0.25, 0.3) is 5.91 Å². The Hall–Kier alpha value is -3.55. The summed E-state index contributed by atoms with van der Waals surface area (Å²) in [5.41, 5.74) is 0.445. The second-order valence-corrected chi connectivity index (χ2v) is 6.80. The average Bonchev–Trinajstić information content (AvgIpc) is 3.21. The third-order valence-corrected chi connectivity index (χ3v) is 4.77. The van der Waals surface area contributed by atoms with Crippen LogP contribution in [-0.4, -0.2) is 36.1 Å². The van der Waals surface area contributed by atoms with Gasteiger partial charge in [0.15, 0.2) is 11.5 Å². The van der Waals surface area contributed by atoms with Gasteiger partial charge in [-0.25, -0.2) is 9.59 Å². The summed E-state index contributed by atoms with van der Waals surface area (Å²) in [5.74, 6) is 0.0112. The van der Waals surface area contributed by atoms with E-state index >= 15 is 0 Å². The van der Waals surface area contributed by atoms with Crippen LogP contribution in [-0.2, 0) is 15.1 Å². The Bertz CT molecular complexity index is 971. The number of benzene rings is 2. The standard InChI is InChI=1S/C20H18N2O6/c1-12-3-5-13(6-4-12)20(2)18(24)22(19(25)21-20)10-17(23)28-14-7-8-15-16(9-14)27-11-26-15/h3-9H,10-11H2,1-2H3,(H,21,25)/t20-/m1/s1. The van der Waals surface area contributed by atoms with E-state index in [1.165, 1.54) is 6.07 Å². The summed E-state index contributed by atoms with van der Waals surface area (Å²) in [4.78, 5) is 38.3. The van der Waals surface area contributed by atoms with Crippen molar-refractivity contribution in [3.8, 4) is 17.2 Å². The monoisotopic (exact) mass is 382 g/mol. The van der Waals surface area contributed by atoms with Crippen molar-refractivity contribution in [3.63, 3.8) is 0 Å². The molecule has 0 unspecified atom stereocenters. The average molecular weight is 382 g/mol. The van der Waals surface area contributed by atoms with Gasteiger partial charge >= 0.3 is 12.0 Å². The van der Waals surface area contributed by atoms with Crippen LogP contribution in [0.3, 0.4) is 0 Å². The number of fused-ring (bicyclic) bond motifs is 1. The topological polar surface area (TPSA) is 94.2 Å². The number of hydrogen-bond acceptors (Lipinski definition) is 6. The van der Waals surface area contributed by atoms with Crippen LogP contribution < -0.4 is 19.5 Å². The molecule has 0 aromatic heterocycles. The summed E-state index contributed by atoms with van der Waals surface area (Å²) in [6.45, 7) is 3.15. The molecule has 2 aliphatic heterocycles. The van der Waals surface area contributed by atoms with Gasteiger partial charge in [0, 0.05) is 6.07 Å². The summed E-state index contributed by atoms with van der Waals surface area (Å²) in [6, 6.07) is 11.3. The van der Waals surface area contributed by atoms with Crippen molar-refractivity contribution in [1.82, 2.24) is 10.2 Å². The highest BCUT2D eigenvalue weighted by Crippen LogP contribution is 2.35. The van der Waals surface area contributed by atoms with Crippen LogP contribution in [0.15, 0.2) is 42.5 Å². The van der Waals surface area contributed by atoms with Gasteiger partial charge in [-0.2, -0.15) is 0 Å². The molecule has 0 saturated carbocycles. The predicted molar refractivity (Wildman–Crippen MR) is 97.0 cm³/mol. The van der Waals surface area contributed by atoms with Crippen molar-refractivity contribution >= 4 is 17.9 Å². The van der Waals surface area contributed by atoms with Gasteiger partial charge < -0.3 is 19.5 Å². The first-order valence-electron chi connectivity index (χ1n) is 8.68. The highest BCUT2D eigenvalue weighted by molar-refractivity contribution is 6.08. The number of hydrogen-bond donors (Lipinski definition) is 1. The SMILES string of the molecule is Cc1ccc([C@@]2(C)NC(=O)N(CC(=O)Oc3ccc4c(c3)OCO4)C2=O)cc1. The van der Waals surface area contributed by atoms with E-state index in [1.807, 2.05) is 19.1 Å². The van der Waals surface area contributed by atoms with Gasteiger partial charge in [-0.3, -0.25) is 9.69 Å². The molecule has 0 radical (unpaired) electrons. The zero-order chi connectivity index (χ0) is 19.9. The van der Waals surface area contributed by atoms with Crippen LogP contribution in [0.4, 0.5) is 4.79 Å². The molecule has 2 aliphatic rings. The third-order valence-electron chi connectivity index (χ3n) is 4.77. The van der Waals surface area contributed by atoms with Crippen LogP contribution in [0.2, 0.25) is 0 Å². The number of urea groups is 1. The van der Waals surface area contributed by atoms with Crippen molar-refractivity contribution in [1.29, 1.82) is 0 Å². The predicted octanol–water partition coefficient (Wildman–Crippen LogP) is 2.10. The van der Waals surface area contributed by atoms with E-state index in [9.17, 15) is 14.4 Å². The molecule has 0 bridgehead atoms. The second kappa shape index (κ2) is 6.56. The van der Waals surface area contributed by atoms with Crippen molar-refractivity contribution in [2.24, 2.45) is 0 Å². The summed E-state index contributed by atoms with van der Waals surface area (Å²) in [7, 11) is 0. The minimum atomic E-state index is -1.23. The minimum absolute atomic E-state index is 0.104. The summed E-state index contributed by atoms with van der Waals surface area (Å²) in [5, 5.41) is 2.66.